The Morgan fingerprint density at radius 1 is 1.25 bits per heavy atom. The van der Waals surface area contributed by atoms with E-state index in [0.717, 1.165) is 6.42 Å². The third-order valence-electron chi connectivity index (χ3n) is 6.03. The molecule has 1 fully saturated rings. The van der Waals surface area contributed by atoms with Crippen molar-refractivity contribution in [3.63, 3.8) is 0 Å². The van der Waals surface area contributed by atoms with Crippen molar-refractivity contribution in [1.29, 1.82) is 0 Å². The summed E-state index contributed by atoms with van der Waals surface area (Å²) < 4.78 is 5.16. The van der Waals surface area contributed by atoms with Crippen LogP contribution < -0.4 is 10.6 Å². The molecule has 10 nitrogen and oxygen atoms in total. The van der Waals surface area contributed by atoms with Crippen molar-refractivity contribution >= 4 is 17.6 Å². The van der Waals surface area contributed by atoms with Crippen LogP contribution in [0.4, 0.5) is 5.82 Å². The van der Waals surface area contributed by atoms with E-state index in [4.69, 9.17) is 14.6 Å². The minimum Gasteiger partial charge on any atom is -0.385 e. The summed E-state index contributed by atoms with van der Waals surface area (Å²) in [6.45, 7) is 13.3. The number of nitrogens with one attached hydrogen (secondary N) is 2. The molecule has 0 aliphatic carbocycles. The Morgan fingerprint density at radius 3 is 2.53 bits per heavy atom. The van der Waals surface area contributed by atoms with Crippen molar-refractivity contribution in [2.24, 2.45) is 11.8 Å². The zero-order valence-corrected chi connectivity index (χ0v) is 22.7. The van der Waals surface area contributed by atoms with Crippen LogP contribution >= 0.6 is 0 Å². The zero-order valence-electron chi connectivity index (χ0n) is 22.7. The molecule has 1 aromatic rings. The molecule has 2 heterocycles. The van der Waals surface area contributed by atoms with Crippen molar-refractivity contribution in [2.45, 2.75) is 66.3 Å². The first-order chi connectivity index (χ1) is 16.5. The van der Waals surface area contributed by atoms with Gasteiger partial charge in [-0.25, -0.2) is 15.0 Å². The Hall–Kier alpha value is -2.30. The number of carbonyl (C=O) groups excluding carboxylic acids is 2. The van der Waals surface area contributed by atoms with Gasteiger partial charge in [-0.15, -0.1) is 0 Å². The van der Waals surface area contributed by atoms with E-state index in [1.54, 1.807) is 20.4 Å². The van der Waals surface area contributed by atoms with Gasteiger partial charge in [0.1, 0.15) is 17.2 Å². The lowest BCUT2D eigenvalue weighted by molar-refractivity contribution is -0.174. The van der Waals surface area contributed by atoms with Gasteiger partial charge in [-0.2, -0.15) is 0 Å². The van der Waals surface area contributed by atoms with Gasteiger partial charge in [-0.3, -0.25) is 14.4 Å². The molecule has 1 aromatic heterocycles. The highest BCUT2D eigenvalue weighted by molar-refractivity contribution is 5.98. The monoisotopic (exact) mass is 508 g/mol. The van der Waals surface area contributed by atoms with Crippen LogP contribution in [0.1, 0.15) is 71.1 Å². The maximum atomic E-state index is 14.0. The number of hydrogen-bond donors (Lipinski definition) is 2. The van der Waals surface area contributed by atoms with Gasteiger partial charge in [-0.1, -0.05) is 42.0 Å². The summed E-state index contributed by atoms with van der Waals surface area (Å²) in [6.07, 6.45) is 2.99. The summed E-state index contributed by atoms with van der Waals surface area (Å²) in [5, 5.41) is 7.92. The minimum absolute atomic E-state index is 0. The molecule has 1 saturated heterocycles. The van der Waals surface area contributed by atoms with E-state index < -0.39 is 0 Å². The number of ether oxygens (including phenoxy) is 1. The smallest absolute Gasteiger partial charge is 0.259 e. The summed E-state index contributed by atoms with van der Waals surface area (Å²) in [6, 6.07) is -0.138. The average molecular weight is 509 g/mol. The lowest BCUT2D eigenvalue weighted by Crippen LogP contribution is -2.54. The Bertz CT molecular complexity index is 842. The third-order valence-corrected chi connectivity index (χ3v) is 6.03. The van der Waals surface area contributed by atoms with Gasteiger partial charge in [0.15, 0.2) is 0 Å². The molecule has 2 rings (SSSR count). The average Bonchev–Trinajstić information content (AvgIpc) is 2.83. The molecule has 0 radical (unpaired) electrons. The van der Waals surface area contributed by atoms with Gasteiger partial charge in [-0.05, 0) is 18.8 Å². The van der Waals surface area contributed by atoms with Crippen molar-refractivity contribution < 1.29 is 19.2 Å². The first-order valence-electron chi connectivity index (χ1n) is 12.4. The molecule has 1 aliphatic rings. The third kappa shape index (κ3) is 8.67. The second-order valence-electron chi connectivity index (χ2n) is 10.6. The maximum absolute atomic E-state index is 14.0. The fourth-order valence-electron chi connectivity index (χ4n) is 4.10. The first kappa shape index (κ1) is 31.7. The molecule has 0 unspecified atom stereocenters. The van der Waals surface area contributed by atoms with Crippen LogP contribution in [0.2, 0.25) is 0 Å². The highest BCUT2D eigenvalue weighted by atomic mass is 16.7. The van der Waals surface area contributed by atoms with Gasteiger partial charge in [0, 0.05) is 64.6 Å². The van der Waals surface area contributed by atoms with E-state index in [9.17, 15) is 9.59 Å². The molecule has 206 valence electrons. The molecule has 1 aliphatic heterocycles. The molecule has 10 heteroatoms. The van der Waals surface area contributed by atoms with Crippen LogP contribution in [-0.4, -0.2) is 91.8 Å². The van der Waals surface area contributed by atoms with Crippen LogP contribution in [0.15, 0.2) is 6.20 Å². The van der Waals surface area contributed by atoms with Crippen LogP contribution in [0.25, 0.3) is 0 Å². The fraction of sp³-hybridized carbons (Fsp3) is 0.769. The number of hydroxylamine groups is 2. The molecular weight excluding hydrogens is 460 g/mol. The van der Waals surface area contributed by atoms with E-state index >= 15 is 0 Å². The van der Waals surface area contributed by atoms with Crippen LogP contribution in [0.3, 0.4) is 0 Å². The predicted molar refractivity (Wildman–Crippen MR) is 143 cm³/mol. The number of nitrogens with zero attached hydrogens (tertiary/aromatic N) is 4. The fourth-order valence-corrected chi connectivity index (χ4v) is 4.10. The van der Waals surface area contributed by atoms with Crippen LogP contribution in [0.5, 0.6) is 0 Å². The molecule has 2 atom stereocenters. The molecule has 0 saturated carbocycles. The molecule has 0 aromatic carbocycles. The molecule has 36 heavy (non-hydrogen) atoms. The lowest BCUT2D eigenvalue weighted by Gasteiger charge is -2.39. The SMILES string of the molecule is C.COCCCNc1nc(C(C)(C)C)ncc1C(=O)N(CC(C)C)[C@@H]1CNC[C@H](C(=O)N(C)OC)C1. The highest BCUT2D eigenvalue weighted by Crippen LogP contribution is 2.26. The number of amides is 2. The summed E-state index contributed by atoms with van der Waals surface area (Å²) >= 11 is 0. The predicted octanol–water partition coefficient (Wildman–Crippen LogP) is 2.95. The number of rotatable bonds is 11. The normalized spacial score (nSPS) is 17.9. The van der Waals surface area contributed by atoms with E-state index in [1.165, 1.54) is 12.2 Å². The first-order valence-corrected chi connectivity index (χ1v) is 12.4. The quantitative estimate of drug-likeness (QED) is 0.347. The Balaban J connectivity index is 0.00000648. The van der Waals surface area contributed by atoms with Crippen molar-refractivity contribution in [3.05, 3.63) is 17.6 Å². The van der Waals surface area contributed by atoms with Crippen molar-refractivity contribution in [1.82, 2.24) is 25.2 Å². The van der Waals surface area contributed by atoms with Crippen molar-refractivity contribution in [3.8, 4) is 0 Å². The zero-order chi connectivity index (χ0) is 26.2. The molecule has 0 spiro atoms. The van der Waals surface area contributed by atoms with Gasteiger partial charge in [0.25, 0.3) is 5.91 Å². The van der Waals surface area contributed by atoms with Gasteiger partial charge in [0.05, 0.1) is 13.0 Å². The van der Waals surface area contributed by atoms with E-state index in [-0.39, 0.29) is 42.5 Å². The number of hydrogen-bond acceptors (Lipinski definition) is 8. The molecule has 0 bridgehead atoms. The summed E-state index contributed by atoms with van der Waals surface area (Å²) in [5.74, 6) is 0.965. The number of aromatic nitrogens is 2. The maximum Gasteiger partial charge on any atom is 0.259 e. The summed E-state index contributed by atoms with van der Waals surface area (Å²) in [7, 11) is 4.75. The topological polar surface area (TPSA) is 109 Å². The summed E-state index contributed by atoms with van der Waals surface area (Å²) in [5.41, 5.74) is 0.190. The highest BCUT2D eigenvalue weighted by Gasteiger charge is 2.35. The Kier molecular flexibility index (Phi) is 12.7. The number of anilines is 1. The van der Waals surface area contributed by atoms with E-state index in [0.29, 0.717) is 56.4 Å². The standard InChI is InChI=1S/C25H44N6O4.CH4/c1-17(2)16-31(19-12-18(13-26-14-19)22(32)30(6)35-8)23(33)20-15-28-24(25(3,4)5)29-21(20)27-10-9-11-34-7;/h15,17-19,26H,9-14,16H2,1-8H3,(H,27,28,29);1H4/t18-,19+;/m1./s1. The second kappa shape index (κ2) is 14.4. The molecule has 2 N–H and O–H groups in total. The van der Waals surface area contributed by atoms with Crippen LogP contribution in [0, 0.1) is 11.8 Å². The van der Waals surface area contributed by atoms with Gasteiger partial charge < -0.3 is 20.3 Å². The lowest BCUT2D eigenvalue weighted by atomic mass is 9.92. The second-order valence-corrected chi connectivity index (χ2v) is 10.6. The number of methoxy groups -OCH3 is 1. The van der Waals surface area contributed by atoms with E-state index in [2.05, 4.69) is 29.5 Å². The van der Waals surface area contributed by atoms with E-state index in [1.807, 2.05) is 25.7 Å². The number of piperidine rings is 1. The Labute approximate surface area is 217 Å². The molecule has 2 amide bonds. The molecular formula is C26H48N6O4. The minimum atomic E-state index is -0.271. The van der Waals surface area contributed by atoms with Gasteiger partial charge >= 0.3 is 0 Å². The number of carbonyl (C=O) groups is 2. The van der Waals surface area contributed by atoms with Gasteiger partial charge in [0.2, 0.25) is 5.91 Å². The summed E-state index contributed by atoms with van der Waals surface area (Å²) in [4.78, 5) is 42.9. The van der Waals surface area contributed by atoms with Crippen LogP contribution in [-0.2, 0) is 19.8 Å². The largest absolute Gasteiger partial charge is 0.385 e. The Morgan fingerprint density at radius 2 is 1.94 bits per heavy atom. The van der Waals surface area contributed by atoms with Crippen molar-refractivity contribution in [2.75, 3.05) is 59.4 Å².